The number of nitrogens with one attached hydrogen (secondary N) is 1. The van der Waals surface area contributed by atoms with Gasteiger partial charge < -0.3 is 10.1 Å². The Hall–Kier alpha value is -2.99. The van der Waals surface area contributed by atoms with Crippen molar-refractivity contribution in [3.63, 3.8) is 0 Å². The molecule has 1 heterocycles. The number of halogens is 2. The van der Waals surface area contributed by atoms with Crippen LogP contribution < -0.4 is 5.32 Å². The largest absolute Gasteiger partial charge is 0.459 e. The summed E-state index contributed by atoms with van der Waals surface area (Å²) in [6, 6.07) is 10.9. The number of carbonyl (C=O) groups excluding carboxylic acids is 2. The summed E-state index contributed by atoms with van der Waals surface area (Å²) in [6.45, 7) is 3.57. The van der Waals surface area contributed by atoms with E-state index in [0.29, 0.717) is 5.56 Å². The third kappa shape index (κ3) is 4.46. The van der Waals surface area contributed by atoms with Crippen molar-refractivity contribution in [3.05, 3.63) is 75.7 Å². The third-order valence-electron chi connectivity index (χ3n) is 4.41. The number of ether oxygens (including phenoxy) is 1. The van der Waals surface area contributed by atoms with Gasteiger partial charge in [0.25, 0.3) is 5.91 Å². The smallest absolute Gasteiger partial charge is 0.325 e. The predicted octanol–water partition coefficient (Wildman–Crippen LogP) is 4.12. The Kier molecular flexibility index (Phi) is 5.90. The highest BCUT2D eigenvalue weighted by Gasteiger charge is 2.12. The number of esters is 1. The fourth-order valence-electron chi connectivity index (χ4n) is 2.70. The Morgan fingerprint density at radius 1 is 1.18 bits per heavy atom. The zero-order valence-electron chi connectivity index (χ0n) is 15.4. The second kappa shape index (κ2) is 8.35. The normalized spacial score (nSPS) is 10.7. The monoisotopic (exact) mass is 400 g/mol. The van der Waals surface area contributed by atoms with Crippen LogP contribution in [-0.4, -0.2) is 23.4 Å². The molecule has 0 bridgehead atoms. The zero-order valence-corrected chi connectivity index (χ0v) is 16.1. The standard InChI is InChI=1S/C21H18ClFN2O3/c1-12-6-7-14-8-16(20(22)25-19(14)13(12)2)11-28-18(26)10-24-21(27)15-4-3-5-17(23)9-15/h3-9H,10-11H2,1-2H3,(H,24,27). The van der Waals surface area contributed by atoms with Crippen molar-refractivity contribution in [2.75, 3.05) is 6.54 Å². The highest BCUT2D eigenvalue weighted by Crippen LogP contribution is 2.25. The van der Waals surface area contributed by atoms with Crippen LogP contribution in [-0.2, 0) is 16.1 Å². The van der Waals surface area contributed by atoms with Gasteiger partial charge in [0.05, 0.1) is 5.52 Å². The fourth-order valence-corrected chi connectivity index (χ4v) is 2.89. The summed E-state index contributed by atoms with van der Waals surface area (Å²) in [6.07, 6.45) is 0. The van der Waals surface area contributed by atoms with Gasteiger partial charge in [0.1, 0.15) is 24.1 Å². The average molecular weight is 401 g/mol. The van der Waals surface area contributed by atoms with Gasteiger partial charge in [-0.15, -0.1) is 0 Å². The molecule has 3 aromatic rings. The Labute approximate surface area is 166 Å². The topological polar surface area (TPSA) is 68.3 Å². The second-order valence-corrected chi connectivity index (χ2v) is 6.73. The number of benzene rings is 2. The fraction of sp³-hybridized carbons (Fsp3) is 0.190. The number of rotatable bonds is 5. The molecule has 0 saturated heterocycles. The van der Waals surface area contributed by atoms with E-state index in [1.807, 2.05) is 32.0 Å². The lowest BCUT2D eigenvalue weighted by molar-refractivity contribution is -0.143. The number of nitrogens with zero attached hydrogens (tertiary/aromatic N) is 1. The zero-order chi connectivity index (χ0) is 20.3. The maximum Gasteiger partial charge on any atom is 0.325 e. The van der Waals surface area contributed by atoms with Crippen molar-refractivity contribution in [2.24, 2.45) is 0 Å². The molecule has 0 atom stereocenters. The quantitative estimate of drug-likeness (QED) is 0.516. The van der Waals surface area contributed by atoms with Crippen molar-refractivity contribution in [2.45, 2.75) is 20.5 Å². The van der Waals surface area contributed by atoms with Gasteiger partial charge in [0.15, 0.2) is 0 Å². The number of hydrogen-bond donors (Lipinski definition) is 1. The highest BCUT2D eigenvalue weighted by atomic mass is 35.5. The lowest BCUT2D eigenvalue weighted by Gasteiger charge is -2.10. The average Bonchev–Trinajstić information content (AvgIpc) is 2.68. The van der Waals surface area contributed by atoms with E-state index in [2.05, 4.69) is 10.3 Å². The van der Waals surface area contributed by atoms with Crippen molar-refractivity contribution >= 4 is 34.4 Å². The molecule has 0 saturated carbocycles. The molecule has 7 heteroatoms. The van der Waals surface area contributed by atoms with Gasteiger partial charge in [-0.1, -0.05) is 29.8 Å². The van der Waals surface area contributed by atoms with Crippen LogP contribution in [0.5, 0.6) is 0 Å². The van der Waals surface area contributed by atoms with Gasteiger partial charge in [-0.25, -0.2) is 9.37 Å². The van der Waals surface area contributed by atoms with Crippen molar-refractivity contribution in [1.29, 1.82) is 0 Å². The first kappa shape index (κ1) is 19.8. The number of carbonyl (C=O) groups is 2. The number of fused-ring (bicyclic) bond motifs is 1. The Bertz CT molecular complexity index is 1070. The van der Waals surface area contributed by atoms with Crippen LogP contribution in [0, 0.1) is 19.7 Å². The van der Waals surface area contributed by atoms with Crippen molar-refractivity contribution in [3.8, 4) is 0 Å². The minimum Gasteiger partial charge on any atom is -0.459 e. The molecule has 0 fully saturated rings. The minimum absolute atomic E-state index is 0.0661. The number of aromatic nitrogens is 1. The molecular formula is C21H18ClFN2O3. The predicted molar refractivity (Wildman–Crippen MR) is 105 cm³/mol. The molecule has 1 N–H and O–H groups in total. The maximum atomic E-state index is 13.1. The van der Waals surface area contributed by atoms with Gasteiger partial charge in [-0.05, 0) is 49.2 Å². The van der Waals surface area contributed by atoms with Gasteiger partial charge >= 0.3 is 5.97 Å². The van der Waals surface area contributed by atoms with Gasteiger partial charge in [0, 0.05) is 16.5 Å². The molecule has 0 radical (unpaired) electrons. The van der Waals surface area contributed by atoms with Crippen LogP contribution in [0.2, 0.25) is 5.15 Å². The third-order valence-corrected chi connectivity index (χ3v) is 4.73. The molecule has 2 aromatic carbocycles. The molecule has 0 spiro atoms. The summed E-state index contributed by atoms with van der Waals surface area (Å²) >= 11 is 6.23. The number of pyridine rings is 1. The molecule has 0 unspecified atom stereocenters. The SMILES string of the molecule is Cc1ccc2cc(COC(=O)CNC(=O)c3cccc(F)c3)c(Cl)nc2c1C. The lowest BCUT2D eigenvalue weighted by Crippen LogP contribution is -2.30. The molecule has 1 aromatic heterocycles. The summed E-state index contributed by atoms with van der Waals surface area (Å²) in [7, 11) is 0. The first-order valence-electron chi connectivity index (χ1n) is 8.60. The molecule has 0 aliphatic carbocycles. The van der Waals surface area contributed by atoms with Crippen LogP contribution in [0.3, 0.4) is 0 Å². The van der Waals surface area contributed by atoms with Crippen LogP contribution in [0.15, 0.2) is 42.5 Å². The highest BCUT2D eigenvalue weighted by molar-refractivity contribution is 6.30. The molecule has 5 nitrogen and oxygen atoms in total. The molecule has 28 heavy (non-hydrogen) atoms. The Morgan fingerprint density at radius 2 is 1.96 bits per heavy atom. The molecule has 0 aliphatic rings. The minimum atomic E-state index is -0.638. The Balaban J connectivity index is 1.61. The van der Waals surface area contributed by atoms with E-state index in [-0.39, 0.29) is 23.9 Å². The molecule has 3 rings (SSSR count). The van der Waals surface area contributed by atoms with Crippen LogP contribution in [0.25, 0.3) is 10.9 Å². The van der Waals surface area contributed by atoms with Crippen LogP contribution in [0.4, 0.5) is 4.39 Å². The van der Waals surface area contributed by atoms with Gasteiger partial charge in [0.2, 0.25) is 0 Å². The number of aryl methyl sites for hydroxylation is 2. The van der Waals surface area contributed by atoms with E-state index in [4.69, 9.17) is 16.3 Å². The van der Waals surface area contributed by atoms with Crippen molar-refractivity contribution in [1.82, 2.24) is 10.3 Å². The number of amides is 1. The van der Waals surface area contributed by atoms with Gasteiger partial charge in [-0.2, -0.15) is 0 Å². The lowest BCUT2D eigenvalue weighted by atomic mass is 10.0. The second-order valence-electron chi connectivity index (χ2n) is 6.37. The van der Waals surface area contributed by atoms with Crippen LogP contribution in [0.1, 0.15) is 27.0 Å². The van der Waals surface area contributed by atoms with Gasteiger partial charge in [-0.3, -0.25) is 9.59 Å². The van der Waals surface area contributed by atoms with E-state index >= 15 is 0 Å². The summed E-state index contributed by atoms with van der Waals surface area (Å²) in [4.78, 5) is 28.2. The number of hydrogen-bond acceptors (Lipinski definition) is 4. The van der Waals surface area contributed by atoms with E-state index < -0.39 is 17.7 Å². The van der Waals surface area contributed by atoms with E-state index in [1.54, 1.807) is 0 Å². The molecule has 0 aliphatic heterocycles. The first-order valence-corrected chi connectivity index (χ1v) is 8.97. The van der Waals surface area contributed by atoms with E-state index in [0.717, 1.165) is 28.1 Å². The molecule has 144 valence electrons. The van der Waals surface area contributed by atoms with E-state index in [9.17, 15) is 14.0 Å². The summed E-state index contributed by atoms with van der Waals surface area (Å²) in [5, 5.41) is 3.55. The molecular weight excluding hydrogens is 383 g/mol. The van der Waals surface area contributed by atoms with Crippen molar-refractivity contribution < 1.29 is 18.7 Å². The maximum absolute atomic E-state index is 13.1. The Morgan fingerprint density at radius 3 is 2.71 bits per heavy atom. The summed E-state index contributed by atoms with van der Waals surface area (Å²) in [5.41, 5.74) is 3.66. The summed E-state index contributed by atoms with van der Waals surface area (Å²) in [5.74, 6) is -1.73. The van der Waals surface area contributed by atoms with Crippen LogP contribution >= 0.6 is 11.6 Å². The summed E-state index contributed by atoms with van der Waals surface area (Å²) < 4.78 is 18.3. The van der Waals surface area contributed by atoms with E-state index in [1.165, 1.54) is 18.2 Å². The first-order chi connectivity index (χ1) is 13.3. The molecule has 1 amide bonds.